The zero-order valence-electron chi connectivity index (χ0n) is 8.07. The molecule has 14 heteroatoms. The van der Waals surface area contributed by atoms with Gasteiger partial charge in [0.05, 0.1) is 0 Å². The van der Waals surface area contributed by atoms with Gasteiger partial charge in [0.15, 0.2) is 0 Å². The highest BCUT2D eigenvalue weighted by Crippen LogP contribution is 2.52. The first-order valence-electron chi connectivity index (χ1n) is 3.91. The zero-order valence-corrected chi connectivity index (χ0v) is 11.8. The Morgan fingerprint density at radius 3 is 1.74 bits per heavy atom. The van der Waals surface area contributed by atoms with Crippen LogP contribution in [0.25, 0.3) is 0 Å². The average Bonchev–Trinajstić information content (AvgIpc) is 2.62. The van der Waals surface area contributed by atoms with Crippen molar-refractivity contribution in [3.63, 3.8) is 0 Å². The molecule has 0 aliphatic carbocycles. The molecule has 1 heterocycles. The van der Waals surface area contributed by atoms with Gasteiger partial charge in [0.25, 0.3) is 4.46 Å². The summed E-state index contributed by atoms with van der Waals surface area (Å²) in [6, 6.07) is 0. The fourth-order valence-corrected chi connectivity index (χ4v) is 1.29. The third-order valence-corrected chi connectivity index (χ3v) is 4.00. The molecule has 0 bridgehead atoms. The Bertz CT molecular complexity index is 425. The Hall–Kier alpha value is 0.170. The van der Waals surface area contributed by atoms with Crippen molar-refractivity contribution in [3.05, 3.63) is 5.82 Å². The van der Waals surface area contributed by atoms with Gasteiger partial charge in [-0.3, -0.25) is 0 Å². The summed E-state index contributed by atoms with van der Waals surface area (Å²) in [4.78, 5) is 0. The minimum absolute atomic E-state index is 0.323. The molecule has 0 saturated heterocycles. The van der Waals surface area contributed by atoms with Crippen LogP contribution in [-0.2, 0) is 10.4 Å². The monoisotopic (exact) mass is 386 g/mol. The van der Waals surface area contributed by atoms with Crippen LogP contribution in [0.2, 0.25) is 0 Å². The van der Waals surface area contributed by atoms with Gasteiger partial charge in [0.2, 0.25) is 9.62 Å². The Morgan fingerprint density at radius 1 is 0.895 bits per heavy atom. The van der Waals surface area contributed by atoms with Crippen LogP contribution in [0.4, 0.5) is 22.0 Å². The molecule has 0 N–H and O–H groups in total. The average molecular weight is 388 g/mol. The molecule has 110 valence electrons. The third-order valence-electron chi connectivity index (χ3n) is 1.71. The number of aromatic nitrogens is 4. The lowest BCUT2D eigenvalue weighted by atomic mass is 10.3. The Balaban J connectivity index is 3.43. The SMILES string of the molecule is FC(F)(F)C(F)(F)c1nnnn1C(Cl)(Cl)C(Cl)(Cl)Cl. The van der Waals surface area contributed by atoms with Crippen LogP contribution in [-0.4, -0.2) is 30.2 Å². The van der Waals surface area contributed by atoms with E-state index in [4.69, 9.17) is 58.0 Å². The van der Waals surface area contributed by atoms with Crippen molar-refractivity contribution < 1.29 is 22.0 Å². The highest BCUT2D eigenvalue weighted by Gasteiger charge is 2.64. The van der Waals surface area contributed by atoms with E-state index in [9.17, 15) is 22.0 Å². The molecule has 0 atom stereocenters. The standard InChI is InChI=1S/C5Cl5F5N4/c6-3(7,8)4(9,10)19-1(16-17-18-19)2(11,12)5(13,14)15. The zero-order chi connectivity index (χ0) is 15.3. The van der Waals surface area contributed by atoms with Gasteiger partial charge in [-0.05, 0) is 10.4 Å². The summed E-state index contributed by atoms with van der Waals surface area (Å²) in [6.07, 6.45) is -5.99. The van der Waals surface area contributed by atoms with Gasteiger partial charge in [-0.1, -0.05) is 58.0 Å². The highest BCUT2D eigenvalue weighted by molar-refractivity contribution is 6.74. The predicted octanol–water partition coefficient (Wildman–Crippen LogP) is 3.79. The van der Waals surface area contributed by atoms with E-state index in [1.165, 1.54) is 0 Å². The summed E-state index contributed by atoms with van der Waals surface area (Å²) in [5.74, 6) is -7.46. The van der Waals surface area contributed by atoms with Gasteiger partial charge in [-0.15, -0.1) is 5.10 Å². The van der Waals surface area contributed by atoms with Crippen molar-refractivity contribution >= 4 is 58.0 Å². The second-order valence-corrected chi connectivity index (χ2v) is 6.59. The van der Waals surface area contributed by atoms with Crippen molar-refractivity contribution in [3.8, 4) is 0 Å². The predicted molar refractivity (Wildman–Crippen MR) is 57.7 cm³/mol. The van der Waals surface area contributed by atoms with E-state index in [0.29, 0.717) is 0 Å². The molecule has 0 aromatic carbocycles. The van der Waals surface area contributed by atoms with Crippen molar-refractivity contribution in [2.24, 2.45) is 0 Å². The summed E-state index contributed by atoms with van der Waals surface area (Å²) >= 11 is 26.7. The van der Waals surface area contributed by atoms with Crippen LogP contribution >= 0.6 is 58.0 Å². The third kappa shape index (κ3) is 2.94. The number of tetrazole rings is 1. The van der Waals surface area contributed by atoms with Gasteiger partial charge in [0.1, 0.15) is 0 Å². The van der Waals surface area contributed by atoms with E-state index < -0.39 is 26.2 Å². The van der Waals surface area contributed by atoms with Crippen molar-refractivity contribution in [2.75, 3.05) is 0 Å². The molecule has 0 spiro atoms. The summed E-state index contributed by atoms with van der Waals surface area (Å²) in [7, 11) is 0. The van der Waals surface area contributed by atoms with Crippen LogP contribution in [0.3, 0.4) is 0 Å². The molecule has 0 aliphatic heterocycles. The maximum atomic E-state index is 13.1. The van der Waals surface area contributed by atoms with Crippen LogP contribution in [0.1, 0.15) is 5.82 Å². The molecule has 1 aromatic rings. The first kappa shape index (κ1) is 17.2. The second kappa shape index (κ2) is 4.87. The van der Waals surface area contributed by atoms with Crippen molar-refractivity contribution in [1.82, 2.24) is 20.2 Å². The normalized spacial score (nSPS) is 14.8. The lowest BCUT2D eigenvalue weighted by molar-refractivity contribution is -0.294. The molecule has 19 heavy (non-hydrogen) atoms. The lowest BCUT2D eigenvalue weighted by Crippen LogP contribution is -2.43. The molecule has 0 radical (unpaired) electrons. The van der Waals surface area contributed by atoms with Gasteiger partial charge >= 0.3 is 12.1 Å². The molecular weight excluding hydrogens is 388 g/mol. The van der Waals surface area contributed by atoms with Crippen LogP contribution in [0, 0.1) is 0 Å². The van der Waals surface area contributed by atoms with Gasteiger partial charge in [-0.2, -0.15) is 26.6 Å². The molecule has 1 aromatic heterocycles. The van der Waals surface area contributed by atoms with Gasteiger partial charge in [-0.25, -0.2) is 0 Å². The molecule has 0 fully saturated rings. The first-order valence-corrected chi connectivity index (χ1v) is 5.80. The van der Waals surface area contributed by atoms with Crippen LogP contribution in [0.5, 0.6) is 0 Å². The topological polar surface area (TPSA) is 43.6 Å². The van der Waals surface area contributed by atoms with E-state index in [1.807, 2.05) is 0 Å². The van der Waals surface area contributed by atoms with Crippen LogP contribution in [0.15, 0.2) is 0 Å². The molecule has 0 amide bonds. The van der Waals surface area contributed by atoms with E-state index in [1.54, 1.807) is 0 Å². The van der Waals surface area contributed by atoms with E-state index in [0.717, 1.165) is 0 Å². The van der Waals surface area contributed by atoms with E-state index in [-0.39, 0.29) is 4.68 Å². The van der Waals surface area contributed by atoms with E-state index in [2.05, 4.69) is 15.5 Å². The fraction of sp³-hybridized carbons (Fsp3) is 0.800. The number of hydrogen-bond donors (Lipinski definition) is 0. The Morgan fingerprint density at radius 2 is 1.37 bits per heavy atom. The first-order chi connectivity index (χ1) is 8.23. The highest BCUT2D eigenvalue weighted by atomic mass is 35.6. The summed E-state index contributed by atoms with van der Waals surface area (Å²) in [6.45, 7) is 0. The Labute approximate surface area is 126 Å². The lowest BCUT2D eigenvalue weighted by Gasteiger charge is -2.29. The number of nitrogens with zero attached hydrogens (tertiary/aromatic N) is 4. The number of hydrogen-bond acceptors (Lipinski definition) is 3. The molecule has 0 saturated carbocycles. The summed E-state index contributed by atoms with van der Waals surface area (Å²) < 4.78 is 57.0. The van der Waals surface area contributed by atoms with Gasteiger partial charge < -0.3 is 0 Å². The largest absolute Gasteiger partial charge is 0.461 e. The van der Waals surface area contributed by atoms with E-state index >= 15 is 0 Å². The molecule has 0 unspecified atom stereocenters. The molecular formula is C5Cl5F5N4. The number of alkyl halides is 10. The van der Waals surface area contributed by atoms with Gasteiger partial charge in [0, 0.05) is 0 Å². The maximum absolute atomic E-state index is 13.1. The summed E-state index contributed by atoms with van der Waals surface area (Å²) in [5, 5.41) is 7.93. The fourth-order valence-electron chi connectivity index (χ4n) is 0.819. The van der Waals surface area contributed by atoms with Crippen molar-refractivity contribution in [2.45, 2.75) is 20.3 Å². The molecule has 0 aliphatic rings. The minimum Gasteiger partial charge on any atom is -0.187 e. The molecule has 1 rings (SSSR count). The second-order valence-electron chi connectivity index (χ2n) is 3.03. The molecule has 4 nitrogen and oxygen atoms in total. The Kier molecular flexibility index (Phi) is 4.41. The van der Waals surface area contributed by atoms with Crippen LogP contribution < -0.4 is 0 Å². The quantitative estimate of drug-likeness (QED) is 0.572. The summed E-state index contributed by atoms with van der Waals surface area (Å²) in [5.41, 5.74) is 0. The minimum atomic E-state index is -5.99. The smallest absolute Gasteiger partial charge is 0.187 e. The van der Waals surface area contributed by atoms with Crippen molar-refractivity contribution in [1.29, 1.82) is 0 Å². The number of halogens is 10. The number of rotatable bonds is 2. The maximum Gasteiger partial charge on any atom is 0.461 e.